The second-order valence-corrected chi connectivity index (χ2v) is 9.59. The van der Waals surface area contributed by atoms with Crippen LogP contribution in [0.15, 0.2) is 83.4 Å². The molecule has 1 saturated heterocycles. The van der Waals surface area contributed by atoms with Crippen LogP contribution < -0.4 is 10.2 Å². The number of amides is 2. The van der Waals surface area contributed by atoms with Gasteiger partial charge in [-0.3, -0.25) is 14.5 Å². The van der Waals surface area contributed by atoms with Crippen LogP contribution in [-0.4, -0.2) is 17.1 Å². The third-order valence-corrected chi connectivity index (χ3v) is 7.05. The van der Waals surface area contributed by atoms with Gasteiger partial charge in [-0.15, -0.1) is 0 Å². The number of thioether (sulfide) groups is 1. The molecular formula is C27H22ClN3O2S. The van der Waals surface area contributed by atoms with Gasteiger partial charge in [-0.05, 0) is 61.2 Å². The SMILES string of the molecule is Cc1cccc(C)c1NC(=O)/C(C#N)=C1/SC(Cc2cccc(Cl)c2)C(=O)N1c1ccccc1. The van der Waals surface area contributed by atoms with Crippen LogP contribution in [0.3, 0.4) is 0 Å². The van der Waals surface area contributed by atoms with Crippen molar-refractivity contribution in [2.75, 3.05) is 10.2 Å². The summed E-state index contributed by atoms with van der Waals surface area (Å²) in [5.74, 6) is -0.724. The number of hydrogen-bond donors (Lipinski definition) is 1. The van der Waals surface area contributed by atoms with Gasteiger partial charge in [0, 0.05) is 16.4 Å². The number of carbonyl (C=O) groups is 2. The lowest BCUT2D eigenvalue weighted by molar-refractivity contribution is -0.117. The minimum absolute atomic E-state index is 0.0987. The number of halogens is 1. The normalized spacial score (nSPS) is 16.8. The number of para-hydroxylation sites is 2. The molecule has 170 valence electrons. The van der Waals surface area contributed by atoms with E-state index in [1.807, 2.05) is 74.5 Å². The number of anilines is 2. The molecule has 1 N–H and O–H groups in total. The lowest BCUT2D eigenvalue weighted by atomic mass is 10.1. The second kappa shape index (κ2) is 10.2. The van der Waals surface area contributed by atoms with E-state index in [9.17, 15) is 14.9 Å². The molecule has 0 aliphatic carbocycles. The Morgan fingerprint density at radius 3 is 2.38 bits per heavy atom. The molecule has 5 nitrogen and oxygen atoms in total. The van der Waals surface area contributed by atoms with Crippen molar-refractivity contribution in [1.82, 2.24) is 0 Å². The van der Waals surface area contributed by atoms with Crippen LogP contribution in [0.25, 0.3) is 0 Å². The first-order valence-corrected chi connectivity index (χ1v) is 12.0. The number of nitrogens with zero attached hydrogens (tertiary/aromatic N) is 2. The maximum absolute atomic E-state index is 13.5. The van der Waals surface area contributed by atoms with Crippen molar-refractivity contribution in [3.8, 4) is 6.07 Å². The van der Waals surface area contributed by atoms with Gasteiger partial charge in [-0.25, -0.2) is 0 Å². The standard InChI is InChI=1S/C27H22ClN3O2S/c1-17-8-6-9-18(2)24(17)30-25(32)22(16-29)27-31(21-12-4-3-5-13-21)26(33)23(34-27)15-19-10-7-11-20(28)14-19/h3-14,23H,15H2,1-2H3,(H,30,32)/b27-22+. The Hall–Kier alpha value is -3.53. The van der Waals surface area contributed by atoms with E-state index < -0.39 is 11.2 Å². The Morgan fingerprint density at radius 1 is 1.06 bits per heavy atom. The summed E-state index contributed by atoms with van der Waals surface area (Å²) < 4.78 is 0. The molecule has 1 atom stereocenters. The topological polar surface area (TPSA) is 73.2 Å². The molecule has 0 radical (unpaired) electrons. The van der Waals surface area contributed by atoms with Gasteiger partial charge in [0.15, 0.2) is 0 Å². The molecule has 1 aliphatic rings. The van der Waals surface area contributed by atoms with E-state index >= 15 is 0 Å². The highest BCUT2D eigenvalue weighted by Crippen LogP contribution is 2.42. The van der Waals surface area contributed by atoms with Crippen molar-refractivity contribution in [1.29, 1.82) is 5.26 Å². The lowest BCUT2D eigenvalue weighted by Gasteiger charge is -2.19. The maximum atomic E-state index is 13.5. The minimum atomic E-state index is -0.542. The highest BCUT2D eigenvalue weighted by atomic mass is 35.5. The summed E-state index contributed by atoms with van der Waals surface area (Å²) in [4.78, 5) is 28.3. The average molecular weight is 488 g/mol. The molecule has 3 aromatic rings. The van der Waals surface area contributed by atoms with Crippen molar-refractivity contribution >= 4 is 46.6 Å². The Morgan fingerprint density at radius 2 is 1.74 bits per heavy atom. The number of nitrogens with one attached hydrogen (secondary N) is 1. The molecule has 0 aromatic heterocycles. The smallest absolute Gasteiger partial charge is 0.269 e. The van der Waals surface area contributed by atoms with Gasteiger partial charge in [0.1, 0.15) is 16.7 Å². The van der Waals surface area contributed by atoms with E-state index in [-0.39, 0.29) is 11.5 Å². The summed E-state index contributed by atoms with van der Waals surface area (Å²) in [5.41, 5.74) is 3.87. The zero-order valence-corrected chi connectivity index (χ0v) is 20.3. The van der Waals surface area contributed by atoms with Crippen molar-refractivity contribution in [3.63, 3.8) is 0 Å². The summed E-state index contributed by atoms with van der Waals surface area (Å²) in [7, 11) is 0. The predicted octanol–water partition coefficient (Wildman–Crippen LogP) is 6.02. The summed E-state index contributed by atoms with van der Waals surface area (Å²) >= 11 is 7.36. The molecule has 3 aromatic carbocycles. The largest absolute Gasteiger partial charge is 0.321 e. The van der Waals surface area contributed by atoms with Gasteiger partial charge in [0.2, 0.25) is 5.91 Å². The van der Waals surface area contributed by atoms with E-state index in [4.69, 9.17) is 11.6 Å². The van der Waals surface area contributed by atoms with Crippen molar-refractivity contribution < 1.29 is 9.59 Å². The lowest BCUT2D eigenvalue weighted by Crippen LogP contribution is -2.31. The van der Waals surface area contributed by atoms with E-state index in [0.717, 1.165) is 16.7 Å². The Balaban J connectivity index is 1.74. The number of hydrogen-bond acceptors (Lipinski definition) is 4. The van der Waals surface area contributed by atoms with Crippen LogP contribution in [0, 0.1) is 25.2 Å². The molecule has 1 fully saturated rings. The molecule has 4 rings (SSSR count). The molecule has 2 amide bonds. The number of benzene rings is 3. The highest BCUT2D eigenvalue weighted by molar-refractivity contribution is 8.05. The van der Waals surface area contributed by atoms with E-state index in [1.165, 1.54) is 16.7 Å². The zero-order valence-electron chi connectivity index (χ0n) is 18.7. The number of rotatable bonds is 5. The summed E-state index contributed by atoms with van der Waals surface area (Å²) in [6.45, 7) is 3.79. The van der Waals surface area contributed by atoms with Crippen LogP contribution in [0.2, 0.25) is 5.02 Å². The second-order valence-electron chi connectivity index (χ2n) is 7.96. The van der Waals surface area contributed by atoms with E-state index in [2.05, 4.69) is 5.32 Å². The van der Waals surface area contributed by atoms with Crippen molar-refractivity contribution in [2.45, 2.75) is 25.5 Å². The molecule has 0 saturated carbocycles. The first-order chi connectivity index (χ1) is 16.4. The zero-order chi connectivity index (χ0) is 24.2. The molecule has 7 heteroatoms. The van der Waals surface area contributed by atoms with Gasteiger partial charge in [0.05, 0.1) is 5.25 Å². The number of aryl methyl sites for hydroxylation is 2. The van der Waals surface area contributed by atoms with Crippen LogP contribution >= 0.6 is 23.4 Å². The van der Waals surface area contributed by atoms with E-state index in [0.29, 0.717) is 27.8 Å². The van der Waals surface area contributed by atoms with Gasteiger partial charge in [-0.1, -0.05) is 71.9 Å². The summed E-state index contributed by atoms with van der Waals surface area (Å²) in [6, 6.07) is 24.2. The van der Waals surface area contributed by atoms with Gasteiger partial charge in [-0.2, -0.15) is 5.26 Å². The quantitative estimate of drug-likeness (QED) is 0.352. The average Bonchev–Trinajstić information content (AvgIpc) is 3.13. The van der Waals surface area contributed by atoms with Gasteiger partial charge in [0.25, 0.3) is 5.91 Å². The predicted molar refractivity (Wildman–Crippen MR) is 138 cm³/mol. The van der Waals surface area contributed by atoms with Gasteiger partial charge >= 0.3 is 0 Å². The molecular weight excluding hydrogens is 466 g/mol. The number of carbonyl (C=O) groups excluding carboxylic acids is 2. The van der Waals surface area contributed by atoms with E-state index in [1.54, 1.807) is 18.2 Å². The molecule has 1 heterocycles. The first-order valence-electron chi connectivity index (χ1n) is 10.7. The fourth-order valence-electron chi connectivity index (χ4n) is 3.86. The minimum Gasteiger partial charge on any atom is -0.321 e. The molecule has 0 bridgehead atoms. The molecule has 0 spiro atoms. The van der Waals surface area contributed by atoms with Crippen LogP contribution in [0.5, 0.6) is 0 Å². The Bertz CT molecular complexity index is 1310. The first kappa shape index (κ1) is 23.6. The fraction of sp³-hybridized carbons (Fsp3) is 0.148. The van der Waals surface area contributed by atoms with Crippen molar-refractivity contribution in [2.24, 2.45) is 0 Å². The van der Waals surface area contributed by atoms with Gasteiger partial charge < -0.3 is 5.32 Å². The monoisotopic (exact) mass is 487 g/mol. The third-order valence-electron chi connectivity index (χ3n) is 5.55. The van der Waals surface area contributed by atoms with Crippen LogP contribution in [0.1, 0.15) is 16.7 Å². The van der Waals surface area contributed by atoms with Crippen molar-refractivity contribution in [3.05, 3.63) is 105 Å². The molecule has 1 unspecified atom stereocenters. The Labute approximate surface area is 208 Å². The summed E-state index contributed by atoms with van der Waals surface area (Å²) in [5, 5.41) is 13.3. The molecule has 1 aliphatic heterocycles. The maximum Gasteiger partial charge on any atom is 0.269 e. The highest BCUT2D eigenvalue weighted by Gasteiger charge is 2.40. The summed E-state index contributed by atoms with van der Waals surface area (Å²) in [6.07, 6.45) is 0.425. The van der Waals surface area contributed by atoms with Crippen LogP contribution in [0.4, 0.5) is 11.4 Å². The third kappa shape index (κ3) is 4.86. The molecule has 34 heavy (non-hydrogen) atoms. The fourth-order valence-corrected chi connectivity index (χ4v) is 5.39. The Kier molecular flexibility index (Phi) is 7.06. The van der Waals surface area contributed by atoms with Crippen LogP contribution in [-0.2, 0) is 16.0 Å². The number of nitriles is 1.